The lowest BCUT2D eigenvalue weighted by Crippen LogP contribution is -2.43. The summed E-state index contributed by atoms with van der Waals surface area (Å²) < 4.78 is 5.21. The molecule has 90 valence electrons. The van der Waals surface area contributed by atoms with Crippen LogP contribution in [0.25, 0.3) is 0 Å². The van der Waals surface area contributed by atoms with Gasteiger partial charge in [-0.3, -0.25) is 0 Å². The Balaban J connectivity index is 2.76. The van der Waals surface area contributed by atoms with Crippen LogP contribution in [0.4, 0.5) is 5.95 Å². The van der Waals surface area contributed by atoms with E-state index < -0.39 is 5.54 Å². The zero-order valence-electron chi connectivity index (χ0n) is 9.47. The molecule has 0 aliphatic heterocycles. The molecule has 0 unspecified atom stereocenters. The SMILES string of the molecule is CCOc1ccnc(NC(C)(CO)CO)n1. The molecule has 0 spiro atoms. The second-order valence-corrected chi connectivity index (χ2v) is 3.65. The van der Waals surface area contributed by atoms with Crippen molar-refractivity contribution in [1.29, 1.82) is 0 Å². The van der Waals surface area contributed by atoms with Crippen molar-refractivity contribution in [2.24, 2.45) is 0 Å². The van der Waals surface area contributed by atoms with E-state index in [2.05, 4.69) is 15.3 Å². The molecule has 0 atom stereocenters. The van der Waals surface area contributed by atoms with Crippen molar-refractivity contribution in [3.8, 4) is 5.88 Å². The molecule has 0 radical (unpaired) electrons. The van der Waals surface area contributed by atoms with Gasteiger partial charge in [-0.1, -0.05) is 0 Å². The van der Waals surface area contributed by atoms with Gasteiger partial charge in [0.2, 0.25) is 11.8 Å². The van der Waals surface area contributed by atoms with Crippen LogP contribution in [0.1, 0.15) is 13.8 Å². The summed E-state index contributed by atoms with van der Waals surface area (Å²) >= 11 is 0. The molecule has 1 aromatic heterocycles. The van der Waals surface area contributed by atoms with Crippen LogP contribution in [0.5, 0.6) is 5.88 Å². The highest BCUT2D eigenvalue weighted by atomic mass is 16.5. The summed E-state index contributed by atoms with van der Waals surface area (Å²) in [5.41, 5.74) is -0.842. The van der Waals surface area contributed by atoms with Crippen molar-refractivity contribution in [1.82, 2.24) is 9.97 Å². The maximum absolute atomic E-state index is 9.11. The van der Waals surface area contributed by atoms with Crippen LogP contribution in [-0.2, 0) is 0 Å². The largest absolute Gasteiger partial charge is 0.478 e. The van der Waals surface area contributed by atoms with Crippen LogP contribution in [0, 0.1) is 0 Å². The second kappa shape index (κ2) is 5.62. The molecular formula is C10H17N3O3. The first-order valence-corrected chi connectivity index (χ1v) is 5.09. The highest BCUT2D eigenvalue weighted by Crippen LogP contribution is 2.13. The molecule has 1 heterocycles. The molecule has 0 fully saturated rings. The first-order chi connectivity index (χ1) is 7.63. The van der Waals surface area contributed by atoms with E-state index in [1.807, 2.05) is 6.92 Å². The lowest BCUT2D eigenvalue weighted by atomic mass is 10.1. The van der Waals surface area contributed by atoms with Gasteiger partial charge < -0.3 is 20.3 Å². The Morgan fingerprint density at radius 3 is 2.69 bits per heavy atom. The van der Waals surface area contributed by atoms with Crippen molar-refractivity contribution in [2.45, 2.75) is 19.4 Å². The number of aliphatic hydroxyl groups excluding tert-OH is 2. The molecule has 6 heteroatoms. The number of nitrogens with zero attached hydrogens (tertiary/aromatic N) is 2. The van der Waals surface area contributed by atoms with Crippen LogP contribution in [0.2, 0.25) is 0 Å². The van der Waals surface area contributed by atoms with Gasteiger partial charge in [0.05, 0.1) is 25.4 Å². The van der Waals surface area contributed by atoms with E-state index in [1.165, 1.54) is 0 Å². The first-order valence-electron chi connectivity index (χ1n) is 5.09. The Morgan fingerprint density at radius 2 is 2.12 bits per heavy atom. The monoisotopic (exact) mass is 227 g/mol. The first kappa shape index (κ1) is 12.7. The molecule has 3 N–H and O–H groups in total. The van der Waals surface area contributed by atoms with E-state index in [9.17, 15) is 0 Å². The Morgan fingerprint density at radius 1 is 1.44 bits per heavy atom. The van der Waals surface area contributed by atoms with Gasteiger partial charge in [-0.05, 0) is 13.8 Å². The molecule has 6 nitrogen and oxygen atoms in total. The van der Waals surface area contributed by atoms with Crippen LogP contribution in [0.15, 0.2) is 12.3 Å². The average Bonchev–Trinajstić information content (AvgIpc) is 2.30. The van der Waals surface area contributed by atoms with Crippen molar-refractivity contribution >= 4 is 5.95 Å². The Bertz CT molecular complexity index is 329. The molecule has 16 heavy (non-hydrogen) atoms. The van der Waals surface area contributed by atoms with Crippen LogP contribution >= 0.6 is 0 Å². The van der Waals surface area contributed by atoms with Gasteiger partial charge in [-0.25, -0.2) is 4.98 Å². The summed E-state index contributed by atoms with van der Waals surface area (Å²) in [5.74, 6) is 0.773. The van der Waals surface area contributed by atoms with E-state index in [-0.39, 0.29) is 13.2 Å². The van der Waals surface area contributed by atoms with Gasteiger partial charge in [0.25, 0.3) is 0 Å². The third-order valence-electron chi connectivity index (χ3n) is 2.03. The molecule has 0 aliphatic rings. The van der Waals surface area contributed by atoms with Crippen molar-refractivity contribution < 1.29 is 14.9 Å². The number of aromatic nitrogens is 2. The normalized spacial score (nSPS) is 11.2. The van der Waals surface area contributed by atoms with E-state index in [0.717, 1.165) is 0 Å². The number of ether oxygens (including phenoxy) is 1. The highest BCUT2D eigenvalue weighted by molar-refractivity contribution is 5.31. The number of hydrogen-bond acceptors (Lipinski definition) is 6. The van der Waals surface area contributed by atoms with E-state index in [4.69, 9.17) is 14.9 Å². The minimum absolute atomic E-state index is 0.217. The maximum Gasteiger partial charge on any atom is 0.226 e. The van der Waals surface area contributed by atoms with Gasteiger partial charge in [0, 0.05) is 12.3 Å². The average molecular weight is 227 g/mol. The molecule has 0 aliphatic carbocycles. The third kappa shape index (κ3) is 3.32. The molecule has 0 bridgehead atoms. The molecule has 1 rings (SSSR count). The van der Waals surface area contributed by atoms with Crippen molar-refractivity contribution in [2.75, 3.05) is 25.1 Å². The molecule has 0 aromatic carbocycles. The number of rotatable bonds is 6. The van der Waals surface area contributed by atoms with Crippen LogP contribution in [-0.4, -0.2) is 45.5 Å². The zero-order valence-corrected chi connectivity index (χ0v) is 9.47. The Hall–Kier alpha value is -1.40. The van der Waals surface area contributed by atoms with Gasteiger partial charge in [0.1, 0.15) is 0 Å². The number of anilines is 1. The van der Waals surface area contributed by atoms with Crippen LogP contribution in [0.3, 0.4) is 0 Å². The third-order valence-corrected chi connectivity index (χ3v) is 2.03. The summed E-state index contributed by atoms with van der Waals surface area (Å²) in [6.07, 6.45) is 1.55. The number of aliphatic hydroxyl groups is 2. The quantitative estimate of drug-likeness (QED) is 0.635. The van der Waals surface area contributed by atoms with Gasteiger partial charge in [-0.15, -0.1) is 0 Å². The smallest absolute Gasteiger partial charge is 0.226 e. The summed E-state index contributed by atoms with van der Waals surface area (Å²) in [5, 5.41) is 21.1. The summed E-state index contributed by atoms with van der Waals surface area (Å²) in [7, 11) is 0. The van der Waals surface area contributed by atoms with Gasteiger partial charge >= 0.3 is 0 Å². The minimum atomic E-state index is -0.842. The summed E-state index contributed by atoms with van der Waals surface area (Å²) in [4.78, 5) is 8.05. The molecule has 0 saturated heterocycles. The number of nitrogens with one attached hydrogen (secondary N) is 1. The zero-order chi connectivity index (χ0) is 12.0. The maximum atomic E-state index is 9.11. The predicted molar refractivity (Wildman–Crippen MR) is 59.4 cm³/mol. The molecule has 0 amide bonds. The Kier molecular flexibility index (Phi) is 4.45. The standard InChI is InChI=1S/C10H17N3O3/c1-3-16-8-4-5-11-9(12-8)13-10(2,6-14)7-15/h4-5,14-15H,3,6-7H2,1-2H3,(H,11,12,13). The fourth-order valence-electron chi connectivity index (χ4n) is 1.03. The predicted octanol–water partition coefficient (Wildman–Crippen LogP) is 0.0305. The van der Waals surface area contributed by atoms with Crippen molar-refractivity contribution in [3.63, 3.8) is 0 Å². The molecule has 1 aromatic rings. The highest BCUT2D eigenvalue weighted by Gasteiger charge is 2.23. The number of hydrogen-bond donors (Lipinski definition) is 3. The van der Waals surface area contributed by atoms with E-state index >= 15 is 0 Å². The van der Waals surface area contributed by atoms with Gasteiger partial charge in [0.15, 0.2) is 0 Å². The Labute approximate surface area is 94.3 Å². The van der Waals surface area contributed by atoms with Crippen molar-refractivity contribution in [3.05, 3.63) is 12.3 Å². The van der Waals surface area contributed by atoms with Gasteiger partial charge in [-0.2, -0.15) is 4.98 Å². The van der Waals surface area contributed by atoms with Crippen LogP contribution < -0.4 is 10.1 Å². The minimum Gasteiger partial charge on any atom is -0.478 e. The summed E-state index contributed by atoms with van der Waals surface area (Å²) in [6, 6.07) is 1.64. The fourth-order valence-corrected chi connectivity index (χ4v) is 1.03. The lowest BCUT2D eigenvalue weighted by Gasteiger charge is -2.26. The fraction of sp³-hybridized carbons (Fsp3) is 0.600. The molecular weight excluding hydrogens is 210 g/mol. The van der Waals surface area contributed by atoms with E-state index in [1.54, 1.807) is 19.2 Å². The topological polar surface area (TPSA) is 87.5 Å². The second-order valence-electron chi connectivity index (χ2n) is 3.65. The summed E-state index contributed by atoms with van der Waals surface area (Å²) in [6.45, 7) is 3.62. The lowest BCUT2D eigenvalue weighted by molar-refractivity contribution is 0.147. The van der Waals surface area contributed by atoms with E-state index in [0.29, 0.717) is 18.4 Å². The molecule has 0 saturated carbocycles.